The fourth-order valence-corrected chi connectivity index (χ4v) is 2.57. The van der Waals surface area contributed by atoms with Crippen LogP contribution in [0.5, 0.6) is 0 Å². The molecular formula is C14H19NO7S. The van der Waals surface area contributed by atoms with Gasteiger partial charge < -0.3 is 9.47 Å². The highest BCUT2D eigenvalue weighted by atomic mass is 32.2. The van der Waals surface area contributed by atoms with Gasteiger partial charge in [0.2, 0.25) is 0 Å². The van der Waals surface area contributed by atoms with Crippen LogP contribution in [0.25, 0.3) is 0 Å². The van der Waals surface area contributed by atoms with E-state index in [1.165, 1.54) is 12.1 Å². The van der Waals surface area contributed by atoms with Crippen LogP contribution in [0.15, 0.2) is 18.2 Å². The lowest BCUT2D eigenvalue weighted by atomic mass is 10.1. The van der Waals surface area contributed by atoms with Crippen LogP contribution in [0, 0.1) is 10.1 Å². The highest BCUT2D eigenvalue weighted by Crippen LogP contribution is 2.21. The van der Waals surface area contributed by atoms with Crippen LogP contribution in [0.4, 0.5) is 5.69 Å². The number of non-ortho nitro benzene ring substituents is 1. The lowest BCUT2D eigenvalue weighted by Crippen LogP contribution is -2.22. The molecule has 1 unspecified atom stereocenters. The standard InChI is InChI=1S/C14H19NO7S/c1-23(18,19)22-10-12-6-11(7-13(8-12)15(16)17)9-21-14-4-2-3-5-20-14/h6-8,14H,2-5,9-10H2,1H3. The lowest BCUT2D eigenvalue weighted by Gasteiger charge is -2.22. The van der Waals surface area contributed by atoms with Crippen molar-refractivity contribution in [3.63, 3.8) is 0 Å². The molecule has 1 atom stereocenters. The number of nitrogens with zero attached hydrogens (tertiary/aromatic N) is 1. The number of benzene rings is 1. The van der Waals surface area contributed by atoms with Crippen molar-refractivity contribution in [1.29, 1.82) is 0 Å². The third-order valence-corrected chi connectivity index (χ3v) is 3.81. The molecule has 0 spiro atoms. The number of ether oxygens (including phenoxy) is 2. The maximum atomic E-state index is 11.0. The van der Waals surface area contributed by atoms with Crippen LogP contribution in [-0.4, -0.2) is 32.5 Å². The topological polar surface area (TPSA) is 105 Å². The zero-order valence-corrected chi connectivity index (χ0v) is 13.6. The van der Waals surface area contributed by atoms with E-state index in [0.717, 1.165) is 25.5 Å². The largest absolute Gasteiger partial charge is 0.353 e. The first-order valence-corrected chi connectivity index (χ1v) is 9.00. The quantitative estimate of drug-likeness (QED) is 0.423. The van der Waals surface area contributed by atoms with Crippen LogP contribution in [0.2, 0.25) is 0 Å². The number of hydrogen-bond donors (Lipinski definition) is 0. The molecule has 1 aliphatic heterocycles. The third-order valence-electron chi connectivity index (χ3n) is 3.26. The molecule has 1 saturated heterocycles. The summed E-state index contributed by atoms with van der Waals surface area (Å²) < 4.78 is 37.8. The molecule has 23 heavy (non-hydrogen) atoms. The van der Waals surface area contributed by atoms with Crippen molar-refractivity contribution >= 4 is 15.8 Å². The van der Waals surface area contributed by atoms with Crippen molar-refractivity contribution < 1.29 is 27.0 Å². The first-order chi connectivity index (χ1) is 10.8. The first kappa shape index (κ1) is 17.8. The summed E-state index contributed by atoms with van der Waals surface area (Å²) >= 11 is 0. The van der Waals surface area contributed by atoms with Crippen molar-refractivity contribution in [2.45, 2.75) is 38.8 Å². The van der Waals surface area contributed by atoms with Gasteiger partial charge in [-0.15, -0.1) is 0 Å². The van der Waals surface area contributed by atoms with E-state index in [1.807, 2.05) is 0 Å². The van der Waals surface area contributed by atoms with Crippen molar-refractivity contribution in [3.8, 4) is 0 Å². The van der Waals surface area contributed by atoms with Crippen LogP contribution < -0.4 is 0 Å². The van der Waals surface area contributed by atoms with E-state index in [-0.39, 0.29) is 25.2 Å². The first-order valence-electron chi connectivity index (χ1n) is 7.18. The molecule has 1 fully saturated rings. The number of nitro benzene ring substituents is 1. The molecule has 128 valence electrons. The van der Waals surface area contributed by atoms with Gasteiger partial charge in [-0.25, -0.2) is 0 Å². The SMILES string of the molecule is CS(=O)(=O)OCc1cc(COC2CCCCO2)cc([N+](=O)[O-])c1. The predicted octanol–water partition coefficient (Wildman–Crippen LogP) is 2.11. The molecule has 1 aliphatic rings. The van der Waals surface area contributed by atoms with Crippen molar-refractivity contribution in [2.24, 2.45) is 0 Å². The smallest absolute Gasteiger partial charge is 0.270 e. The summed E-state index contributed by atoms with van der Waals surface area (Å²) in [6.07, 6.45) is 3.43. The van der Waals surface area contributed by atoms with Gasteiger partial charge in [0, 0.05) is 18.7 Å². The van der Waals surface area contributed by atoms with E-state index in [2.05, 4.69) is 4.18 Å². The Morgan fingerprint density at radius 3 is 2.52 bits per heavy atom. The average molecular weight is 345 g/mol. The minimum atomic E-state index is -3.62. The van der Waals surface area contributed by atoms with E-state index in [0.29, 0.717) is 17.7 Å². The van der Waals surface area contributed by atoms with E-state index in [9.17, 15) is 18.5 Å². The summed E-state index contributed by atoms with van der Waals surface area (Å²) in [6.45, 7) is 0.540. The monoisotopic (exact) mass is 345 g/mol. The van der Waals surface area contributed by atoms with Crippen molar-refractivity contribution in [2.75, 3.05) is 12.9 Å². The molecule has 1 aromatic rings. The highest BCUT2D eigenvalue weighted by Gasteiger charge is 2.16. The number of rotatable bonds is 7. The average Bonchev–Trinajstić information content (AvgIpc) is 2.51. The summed E-state index contributed by atoms with van der Waals surface area (Å²) in [5.74, 6) is 0. The van der Waals surface area contributed by atoms with Crippen LogP contribution in [0.3, 0.4) is 0 Å². The van der Waals surface area contributed by atoms with Crippen LogP contribution >= 0.6 is 0 Å². The Morgan fingerprint density at radius 2 is 1.96 bits per heavy atom. The molecule has 0 amide bonds. The molecule has 0 bridgehead atoms. The normalized spacial score (nSPS) is 18.7. The zero-order chi connectivity index (χ0) is 16.9. The molecule has 0 aliphatic carbocycles. The highest BCUT2D eigenvalue weighted by molar-refractivity contribution is 7.85. The molecule has 1 heterocycles. The van der Waals surface area contributed by atoms with Gasteiger partial charge in [-0.1, -0.05) is 6.07 Å². The van der Waals surface area contributed by atoms with E-state index < -0.39 is 15.0 Å². The Morgan fingerprint density at radius 1 is 1.26 bits per heavy atom. The second-order valence-electron chi connectivity index (χ2n) is 5.34. The van der Waals surface area contributed by atoms with Crippen molar-refractivity contribution in [3.05, 3.63) is 39.4 Å². The Kier molecular flexibility index (Phi) is 6.05. The molecule has 0 aromatic heterocycles. The Labute approximate surface area is 134 Å². The fourth-order valence-electron chi connectivity index (χ4n) is 2.22. The Balaban J connectivity index is 2.07. The molecule has 2 rings (SSSR count). The van der Waals surface area contributed by atoms with Gasteiger partial charge in [0.25, 0.3) is 15.8 Å². The number of nitro groups is 1. The van der Waals surface area contributed by atoms with E-state index in [4.69, 9.17) is 9.47 Å². The maximum Gasteiger partial charge on any atom is 0.270 e. The van der Waals surface area contributed by atoms with E-state index >= 15 is 0 Å². The maximum absolute atomic E-state index is 11.0. The zero-order valence-electron chi connectivity index (χ0n) is 12.8. The van der Waals surface area contributed by atoms with Crippen LogP contribution in [0.1, 0.15) is 30.4 Å². The molecule has 8 nitrogen and oxygen atoms in total. The second kappa shape index (κ2) is 7.82. The third kappa shape index (κ3) is 6.22. The summed E-state index contributed by atoms with van der Waals surface area (Å²) in [5.41, 5.74) is 0.830. The fraction of sp³-hybridized carbons (Fsp3) is 0.571. The lowest BCUT2D eigenvalue weighted by molar-refractivity contribution is -0.385. The van der Waals surface area contributed by atoms with Gasteiger partial charge in [0.15, 0.2) is 6.29 Å². The minimum absolute atomic E-state index is 0.136. The molecule has 1 aromatic carbocycles. The minimum Gasteiger partial charge on any atom is -0.353 e. The predicted molar refractivity (Wildman–Crippen MR) is 81.1 cm³/mol. The molecule has 0 N–H and O–H groups in total. The van der Waals surface area contributed by atoms with Gasteiger partial charge in [-0.3, -0.25) is 14.3 Å². The summed E-state index contributed by atoms with van der Waals surface area (Å²) in [5, 5.41) is 11.0. The van der Waals surface area contributed by atoms with Gasteiger partial charge >= 0.3 is 0 Å². The summed E-state index contributed by atoms with van der Waals surface area (Å²) in [6, 6.07) is 4.31. The van der Waals surface area contributed by atoms with E-state index in [1.54, 1.807) is 6.07 Å². The molecule has 0 radical (unpaired) electrons. The number of hydrogen-bond acceptors (Lipinski definition) is 7. The Bertz CT molecular complexity index is 653. The Hall–Kier alpha value is -1.55. The van der Waals surface area contributed by atoms with Gasteiger partial charge in [-0.2, -0.15) is 8.42 Å². The van der Waals surface area contributed by atoms with Gasteiger partial charge in [-0.05, 0) is 30.4 Å². The van der Waals surface area contributed by atoms with Gasteiger partial charge in [0.05, 0.1) is 24.4 Å². The van der Waals surface area contributed by atoms with Gasteiger partial charge in [0.1, 0.15) is 0 Å². The summed E-state index contributed by atoms with van der Waals surface area (Å²) in [4.78, 5) is 10.5. The second-order valence-corrected chi connectivity index (χ2v) is 6.98. The van der Waals surface area contributed by atoms with Crippen molar-refractivity contribution in [1.82, 2.24) is 0 Å². The molecule has 9 heteroatoms. The van der Waals surface area contributed by atoms with Crippen LogP contribution in [-0.2, 0) is 37.0 Å². The molecular weight excluding hydrogens is 326 g/mol. The summed E-state index contributed by atoms with van der Waals surface area (Å²) in [7, 11) is -3.62. The molecule has 0 saturated carbocycles.